The van der Waals surface area contributed by atoms with Crippen LogP contribution >= 0.6 is 15.9 Å². The number of carbonyl (C=O) groups is 2. The van der Waals surface area contributed by atoms with Crippen molar-refractivity contribution in [1.82, 2.24) is 19.7 Å². The van der Waals surface area contributed by atoms with Gasteiger partial charge in [0.15, 0.2) is 11.6 Å². The molecule has 12 heteroatoms. The predicted molar refractivity (Wildman–Crippen MR) is 103 cm³/mol. The number of aliphatic hydroxyl groups is 1. The Balaban J connectivity index is 1.57. The predicted octanol–water partition coefficient (Wildman–Crippen LogP) is 1.89. The maximum absolute atomic E-state index is 13.6. The van der Waals surface area contributed by atoms with Gasteiger partial charge in [0.1, 0.15) is 11.8 Å². The average Bonchev–Trinajstić information content (AvgIpc) is 3.01. The van der Waals surface area contributed by atoms with Crippen molar-refractivity contribution in [1.29, 1.82) is 0 Å². The third-order valence-electron chi connectivity index (χ3n) is 5.00. The topological polar surface area (TPSA) is 99.9 Å². The van der Waals surface area contributed by atoms with E-state index >= 15 is 0 Å². The van der Waals surface area contributed by atoms with Crippen LogP contribution in [0.4, 0.5) is 19.3 Å². The molecule has 0 aliphatic carbocycles. The average molecular weight is 486 g/mol. The Hall–Kier alpha value is -2.57. The number of benzene rings is 1. The van der Waals surface area contributed by atoms with Crippen LogP contribution in [0, 0.1) is 11.6 Å². The second-order valence-electron chi connectivity index (χ2n) is 7.02. The maximum atomic E-state index is 13.6. The van der Waals surface area contributed by atoms with Crippen LogP contribution in [0.3, 0.4) is 0 Å². The zero-order valence-electron chi connectivity index (χ0n) is 15.9. The summed E-state index contributed by atoms with van der Waals surface area (Å²) in [7, 11) is 1.45. The van der Waals surface area contributed by atoms with E-state index in [4.69, 9.17) is 4.84 Å². The van der Waals surface area contributed by atoms with Gasteiger partial charge in [-0.25, -0.2) is 18.6 Å². The first-order valence-electron chi connectivity index (χ1n) is 9.13. The molecule has 3 amide bonds. The van der Waals surface area contributed by atoms with Gasteiger partial charge < -0.3 is 15.3 Å². The van der Waals surface area contributed by atoms with E-state index in [1.807, 2.05) is 0 Å². The maximum Gasteiger partial charge on any atom is 0.322 e. The first-order valence-corrected chi connectivity index (χ1v) is 9.92. The van der Waals surface area contributed by atoms with Crippen LogP contribution in [0.25, 0.3) is 0 Å². The van der Waals surface area contributed by atoms with Crippen LogP contribution in [0.1, 0.15) is 21.7 Å². The minimum atomic E-state index is -1.09. The number of carbonyl (C=O) groups excluding carboxylic acids is 2. The molecular weight excluding hydrogens is 468 g/mol. The van der Waals surface area contributed by atoms with Gasteiger partial charge >= 0.3 is 6.03 Å². The Bertz CT molecular complexity index is 1010. The molecule has 30 heavy (non-hydrogen) atoms. The van der Waals surface area contributed by atoms with Gasteiger partial charge in [-0.3, -0.25) is 14.3 Å². The number of amides is 3. The fourth-order valence-corrected chi connectivity index (χ4v) is 3.98. The summed E-state index contributed by atoms with van der Waals surface area (Å²) in [6.45, 7) is 0.374. The van der Waals surface area contributed by atoms with Gasteiger partial charge in [0, 0.05) is 37.3 Å². The Kier molecular flexibility index (Phi) is 5.47. The summed E-state index contributed by atoms with van der Waals surface area (Å²) in [5.74, 6) is -2.55. The Morgan fingerprint density at radius 3 is 2.90 bits per heavy atom. The van der Waals surface area contributed by atoms with Crippen molar-refractivity contribution in [2.75, 3.05) is 25.5 Å². The van der Waals surface area contributed by atoms with E-state index in [1.165, 1.54) is 22.7 Å². The van der Waals surface area contributed by atoms with Crippen LogP contribution in [0.15, 0.2) is 16.6 Å². The van der Waals surface area contributed by atoms with Crippen LogP contribution in [0.2, 0.25) is 0 Å². The van der Waals surface area contributed by atoms with E-state index in [0.717, 1.165) is 11.1 Å². The molecule has 0 saturated heterocycles. The Morgan fingerprint density at radius 1 is 1.43 bits per heavy atom. The quantitative estimate of drug-likeness (QED) is 0.632. The van der Waals surface area contributed by atoms with Crippen LogP contribution in [0.5, 0.6) is 0 Å². The summed E-state index contributed by atoms with van der Waals surface area (Å²) in [5.41, 5.74) is 1.70. The number of hydrogen-bond donors (Lipinski definition) is 2. The second-order valence-corrected chi connectivity index (χ2v) is 7.88. The number of halogens is 3. The normalized spacial score (nSPS) is 18.7. The van der Waals surface area contributed by atoms with E-state index in [1.54, 1.807) is 0 Å². The van der Waals surface area contributed by atoms with E-state index in [0.29, 0.717) is 29.9 Å². The van der Waals surface area contributed by atoms with Crippen molar-refractivity contribution in [3.05, 3.63) is 45.2 Å². The monoisotopic (exact) mass is 485 g/mol. The number of nitrogens with zero attached hydrogens (tertiary/aromatic N) is 4. The lowest BCUT2D eigenvalue weighted by atomic mass is 10.1. The summed E-state index contributed by atoms with van der Waals surface area (Å²) < 4.78 is 28.4. The van der Waals surface area contributed by atoms with Crippen LogP contribution in [-0.4, -0.2) is 63.1 Å². The molecule has 1 aromatic heterocycles. The largest absolute Gasteiger partial charge is 0.393 e. The SMILES string of the molecule is CN1OC(CO)Cn2nc3c(c2C1=O)CN(C(=O)Nc1cc(F)c(F)c(Br)c1)CC3. The number of hydroxylamine groups is 2. The molecule has 4 rings (SSSR count). The number of fused-ring (bicyclic) bond motifs is 3. The van der Waals surface area contributed by atoms with E-state index in [2.05, 4.69) is 26.3 Å². The highest BCUT2D eigenvalue weighted by molar-refractivity contribution is 9.10. The molecule has 1 aromatic carbocycles. The third-order valence-corrected chi connectivity index (χ3v) is 5.58. The van der Waals surface area contributed by atoms with Gasteiger partial charge in [-0.1, -0.05) is 0 Å². The van der Waals surface area contributed by atoms with Crippen molar-refractivity contribution in [2.24, 2.45) is 0 Å². The van der Waals surface area contributed by atoms with Crippen molar-refractivity contribution in [2.45, 2.75) is 25.6 Å². The van der Waals surface area contributed by atoms with Crippen LogP contribution < -0.4 is 5.32 Å². The Morgan fingerprint density at radius 2 is 2.20 bits per heavy atom. The van der Waals surface area contributed by atoms with Gasteiger partial charge in [-0.2, -0.15) is 5.10 Å². The highest BCUT2D eigenvalue weighted by Gasteiger charge is 2.35. The van der Waals surface area contributed by atoms with Gasteiger partial charge in [0.25, 0.3) is 5.91 Å². The summed E-state index contributed by atoms with van der Waals surface area (Å²) >= 11 is 2.91. The molecule has 0 spiro atoms. The van der Waals surface area contributed by atoms with E-state index in [9.17, 15) is 23.5 Å². The molecule has 160 valence electrons. The third kappa shape index (κ3) is 3.66. The van der Waals surface area contributed by atoms with E-state index in [-0.39, 0.29) is 29.9 Å². The molecular formula is C18H18BrF2N5O4. The number of aliphatic hydroxyl groups excluding tert-OH is 1. The molecule has 0 bridgehead atoms. The lowest BCUT2D eigenvalue weighted by Gasteiger charge is -2.27. The number of urea groups is 1. The first-order chi connectivity index (χ1) is 14.3. The molecule has 0 radical (unpaired) electrons. The van der Waals surface area contributed by atoms with Gasteiger partial charge in [-0.15, -0.1) is 0 Å². The van der Waals surface area contributed by atoms with Crippen molar-refractivity contribution in [3.63, 3.8) is 0 Å². The van der Waals surface area contributed by atoms with Crippen LogP contribution in [-0.2, 0) is 24.3 Å². The Labute approximate surface area is 178 Å². The fourth-order valence-electron chi connectivity index (χ4n) is 3.54. The summed E-state index contributed by atoms with van der Waals surface area (Å²) in [6.07, 6.45) is -0.195. The second kappa shape index (κ2) is 7.93. The van der Waals surface area contributed by atoms with E-state index < -0.39 is 29.7 Å². The number of hydrogen-bond acceptors (Lipinski definition) is 5. The lowest BCUT2D eigenvalue weighted by Crippen LogP contribution is -2.39. The van der Waals surface area contributed by atoms with Crippen molar-refractivity contribution < 1.29 is 28.3 Å². The van der Waals surface area contributed by atoms with Gasteiger partial charge in [0.05, 0.1) is 29.9 Å². The number of anilines is 1. The molecule has 1 unspecified atom stereocenters. The zero-order chi connectivity index (χ0) is 21.6. The molecule has 0 saturated carbocycles. The molecule has 1 atom stereocenters. The summed E-state index contributed by atoms with van der Waals surface area (Å²) in [4.78, 5) is 32.3. The first kappa shape index (κ1) is 20.7. The van der Waals surface area contributed by atoms with Crippen molar-refractivity contribution in [3.8, 4) is 0 Å². The molecule has 2 N–H and O–H groups in total. The molecule has 2 aromatic rings. The summed E-state index contributed by atoms with van der Waals surface area (Å²) in [6, 6.07) is 1.64. The minimum absolute atomic E-state index is 0.0976. The summed E-state index contributed by atoms with van der Waals surface area (Å²) in [5, 5.41) is 17.5. The zero-order valence-corrected chi connectivity index (χ0v) is 17.4. The highest BCUT2D eigenvalue weighted by atomic mass is 79.9. The molecule has 3 heterocycles. The standard InChI is InChI=1S/C18H18BrF2N5O4/c1-24-17(28)16-11-7-25(3-2-14(11)23-26(16)6-10(8-27)30-24)18(29)22-9-4-12(19)15(21)13(20)5-9/h4-5,10,27H,2-3,6-8H2,1H3,(H,22,29). The van der Waals surface area contributed by atoms with Gasteiger partial charge in [0.2, 0.25) is 0 Å². The number of rotatable bonds is 2. The number of nitrogens with one attached hydrogen (secondary N) is 1. The smallest absolute Gasteiger partial charge is 0.322 e. The van der Waals surface area contributed by atoms with Gasteiger partial charge in [-0.05, 0) is 22.0 Å². The van der Waals surface area contributed by atoms with Crippen molar-refractivity contribution >= 4 is 33.6 Å². The highest BCUT2D eigenvalue weighted by Crippen LogP contribution is 2.27. The molecule has 0 fully saturated rings. The molecule has 9 nitrogen and oxygen atoms in total. The molecule has 2 aliphatic heterocycles. The fraction of sp³-hybridized carbons (Fsp3) is 0.389. The lowest BCUT2D eigenvalue weighted by molar-refractivity contribution is -0.159. The minimum Gasteiger partial charge on any atom is -0.393 e. The molecule has 2 aliphatic rings. The number of aromatic nitrogens is 2.